The molecule has 0 unspecified atom stereocenters. The van der Waals surface area contributed by atoms with Crippen LogP contribution in [0.1, 0.15) is 5.56 Å². The van der Waals surface area contributed by atoms with Crippen LogP contribution in [0.2, 0.25) is 5.15 Å². The lowest BCUT2D eigenvalue weighted by molar-refractivity contribution is -0.384. The normalized spacial score (nSPS) is 10.7. The van der Waals surface area contributed by atoms with E-state index in [-0.39, 0.29) is 22.7 Å². The van der Waals surface area contributed by atoms with Gasteiger partial charge in [0.15, 0.2) is 0 Å². The second kappa shape index (κ2) is 6.07. The van der Waals surface area contributed by atoms with Crippen molar-refractivity contribution in [2.75, 3.05) is 7.11 Å². The number of hydrogen-bond acceptors (Lipinski definition) is 6. The van der Waals surface area contributed by atoms with Gasteiger partial charge in [-0.05, 0) is 5.56 Å². The molecule has 0 spiro atoms. The molecule has 0 aliphatic carbocycles. The van der Waals surface area contributed by atoms with Crippen LogP contribution in [0.3, 0.4) is 0 Å². The molecular formula is C12H9ClN4O3. The average Bonchev–Trinajstić information content (AvgIpc) is 2.44. The first-order valence-electron chi connectivity index (χ1n) is 5.45. The molecule has 2 rings (SSSR count). The van der Waals surface area contributed by atoms with Crippen LogP contribution in [-0.2, 0) is 0 Å². The fourth-order valence-corrected chi connectivity index (χ4v) is 1.57. The zero-order valence-corrected chi connectivity index (χ0v) is 11.1. The molecule has 2 aromatic rings. The number of methoxy groups -OCH3 is 1. The smallest absolute Gasteiger partial charge is 0.270 e. The van der Waals surface area contributed by atoms with E-state index in [9.17, 15) is 10.1 Å². The van der Waals surface area contributed by atoms with E-state index < -0.39 is 4.92 Å². The lowest BCUT2D eigenvalue weighted by Gasteiger charge is -1.99. The molecule has 0 aliphatic heterocycles. The third-order valence-electron chi connectivity index (χ3n) is 2.28. The van der Waals surface area contributed by atoms with Gasteiger partial charge in [0, 0.05) is 24.4 Å². The number of nitro benzene ring substituents is 1. The standard InChI is InChI=1S/C12H9ClN4O3/c1-20-11-6-10(13)15-12(16-11)14-7-8-3-2-4-9(5-8)17(18)19/h2-7H,1H3. The summed E-state index contributed by atoms with van der Waals surface area (Å²) in [5, 5.41) is 10.9. The molecule has 0 amide bonds. The molecule has 102 valence electrons. The first-order chi connectivity index (χ1) is 9.58. The van der Waals surface area contributed by atoms with Gasteiger partial charge in [0.25, 0.3) is 11.6 Å². The highest BCUT2D eigenvalue weighted by Crippen LogP contribution is 2.18. The Labute approximate surface area is 119 Å². The SMILES string of the molecule is COc1cc(Cl)nc(N=Cc2cccc([N+](=O)[O-])c2)n1. The topological polar surface area (TPSA) is 90.5 Å². The molecule has 1 aromatic heterocycles. The Kier molecular flexibility index (Phi) is 4.21. The van der Waals surface area contributed by atoms with E-state index in [0.29, 0.717) is 5.56 Å². The molecule has 0 aliphatic rings. The molecule has 20 heavy (non-hydrogen) atoms. The minimum atomic E-state index is -0.476. The monoisotopic (exact) mass is 292 g/mol. The zero-order chi connectivity index (χ0) is 14.5. The first kappa shape index (κ1) is 13.9. The van der Waals surface area contributed by atoms with Crippen molar-refractivity contribution in [3.63, 3.8) is 0 Å². The molecule has 0 atom stereocenters. The Balaban J connectivity index is 2.27. The van der Waals surface area contributed by atoms with Crippen molar-refractivity contribution in [1.82, 2.24) is 9.97 Å². The number of benzene rings is 1. The van der Waals surface area contributed by atoms with Gasteiger partial charge in [0.05, 0.1) is 12.0 Å². The van der Waals surface area contributed by atoms with Crippen LogP contribution in [-0.4, -0.2) is 28.2 Å². The van der Waals surface area contributed by atoms with Gasteiger partial charge in [-0.1, -0.05) is 23.7 Å². The fraction of sp³-hybridized carbons (Fsp3) is 0.0833. The maximum atomic E-state index is 10.7. The van der Waals surface area contributed by atoms with Crippen molar-refractivity contribution in [2.24, 2.45) is 4.99 Å². The second-order valence-corrected chi connectivity index (χ2v) is 4.03. The van der Waals surface area contributed by atoms with Gasteiger partial charge in [0.2, 0.25) is 5.88 Å². The van der Waals surface area contributed by atoms with Crippen LogP contribution in [0.4, 0.5) is 11.6 Å². The van der Waals surface area contributed by atoms with E-state index in [2.05, 4.69) is 15.0 Å². The number of halogens is 1. The number of hydrogen-bond donors (Lipinski definition) is 0. The number of rotatable bonds is 4. The Morgan fingerprint density at radius 3 is 2.90 bits per heavy atom. The van der Waals surface area contributed by atoms with E-state index in [0.717, 1.165) is 0 Å². The van der Waals surface area contributed by atoms with Crippen molar-refractivity contribution in [3.8, 4) is 5.88 Å². The van der Waals surface area contributed by atoms with Gasteiger partial charge in [-0.25, -0.2) is 4.99 Å². The van der Waals surface area contributed by atoms with Crippen LogP contribution in [0.5, 0.6) is 5.88 Å². The first-order valence-corrected chi connectivity index (χ1v) is 5.83. The number of nitro groups is 1. The lowest BCUT2D eigenvalue weighted by Crippen LogP contribution is -1.91. The molecule has 0 saturated heterocycles. The van der Waals surface area contributed by atoms with E-state index in [4.69, 9.17) is 16.3 Å². The molecule has 0 fully saturated rings. The number of nitrogens with zero attached hydrogens (tertiary/aromatic N) is 4. The third kappa shape index (κ3) is 3.48. The number of ether oxygens (including phenoxy) is 1. The van der Waals surface area contributed by atoms with Gasteiger partial charge < -0.3 is 4.74 Å². The minimum Gasteiger partial charge on any atom is -0.481 e. The van der Waals surface area contributed by atoms with Gasteiger partial charge in [-0.15, -0.1) is 0 Å². The molecule has 1 heterocycles. The molecule has 0 radical (unpaired) electrons. The summed E-state index contributed by atoms with van der Waals surface area (Å²) in [5.74, 6) is 0.400. The van der Waals surface area contributed by atoms with Crippen molar-refractivity contribution >= 4 is 29.5 Å². The average molecular weight is 293 g/mol. The van der Waals surface area contributed by atoms with Gasteiger partial charge in [-0.3, -0.25) is 10.1 Å². The Hall–Kier alpha value is -2.54. The van der Waals surface area contributed by atoms with Crippen LogP contribution >= 0.6 is 11.6 Å². The molecule has 7 nitrogen and oxygen atoms in total. The lowest BCUT2D eigenvalue weighted by atomic mass is 10.2. The summed E-state index contributed by atoms with van der Waals surface area (Å²) in [5.41, 5.74) is 0.542. The van der Waals surface area contributed by atoms with Crippen LogP contribution in [0.25, 0.3) is 0 Å². The highest BCUT2D eigenvalue weighted by Gasteiger charge is 2.05. The summed E-state index contributed by atoms with van der Waals surface area (Å²) < 4.78 is 4.94. The highest BCUT2D eigenvalue weighted by molar-refractivity contribution is 6.29. The number of non-ortho nitro benzene ring substituents is 1. The molecule has 0 N–H and O–H groups in total. The molecule has 1 aromatic carbocycles. The van der Waals surface area contributed by atoms with Gasteiger partial charge in [0.1, 0.15) is 5.15 Å². The zero-order valence-electron chi connectivity index (χ0n) is 10.4. The second-order valence-electron chi connectivity index (χ2n) is 3.64. The van der Waals surface area contributed by atoms with E-state index in [1.54, 1.807) is 12.1 Å². The fourth-order valence-electron chi connectivity index (χ4n) is 1.40. The van der Waals surface area contributed by atoms with Gasteiger partial charge >= 0.3 is 0 Å². The third-order valence-corrected chi connectivity index (χ3v) is 2.47. The van der Waals surface area contributed by atoms with Crippen molar-refractivity contribution in [2.45, 2.75) is 0 Å². The highest BCUT2D eigenvalue weighted by atomic mass is 35.5. The maximum absolute atomic E-state index is 10.7. The summed E-state index contributed by atoms with van der Waals surface area (Å²) in [7, 11) is 1.45. The van der Waals surface area contributed by atoms with E-state index in [1.807, 2.05) is 0 Å². The van der Waals surface area contributed by atoms with Crippen molar-refractivity contribution < 1.29 is 9.66 Å². The summed E-state index contributed by atoms with van der Waals surface area (Å²) in [6.45, 7) is 0. The van der Waals surface area contributed by atoms with Crippen molar-refractivity contribution in [1.29, 1.82) is 0 Å². The predicted molar refractivity (Wildman–Crippen MR) is 73.9 cm³/mol. The summed E-state index contributed by atoms with van der Waals surface area (Å²) in [6, 6.07) is 7.49. The van der Waals surface area contributed by atoms with Gasteiger partial charge in [-0.2, -0.15) is 9.97 Å². The minimum absolute atomic E-state index is 0.0152. The quantitative estimate of drug-likeness (QED) is 0.374. The maximum Gasteiger partial charge on any atom is 0.270 e. The van der Waals surface area contributed by atoms with Crippen molar-refractivity contribution in [3.05, 3.63) is 51.2 Å². The molecular weight excluding hydrogens is 284 g/mol. The summed E-state index contributed by atoms with van der Waals surface area (Å²) >= 11 is 5.78. The Morgan fingerprint density at radius 2 is 2.20 bits per heavy atom. The van der Waals surface area contributed by atoms with Crippen LogP contribution < -0.4 is 4.74 Å². The molecule has 8 heteroatoms. The Bertz CT molecular complexity index is 676. The summed E-state index contributed by atoms with van der Waals surface area (Å²) in [6.07, 6.45) is 1.41. The molecule has 0 bridgehead atoms. The number of aromatic nitrogens is 2. The molecule has 0 saturated carbocycles. The van der Waals surface area contributed by atoms with Crippen LogP contribution in [0.15, 0.2) is 35.3 Å². The van der Waals surface area contributed by atoms with E-state index in [1.165, 1.54) is 31.5 Å². The summed E-state index contributed by atoms with van der Waals surface area (Å²) in [4.78, 5) is 22.1. The predicted octanol–water partition coefficient (Wildman–Crippen LogP) is 2.80. The van der Waals surface area contributed by atoms with Crippen LogP contribution in [0, 0.1) is 10.1 Å². The number of aliphatic imine (C=N–C) groups is 1. The Morgan fingerprint density at radius 1 is 1.40 bits per heavy atom. The largest absolute Gasteiger partial charge is 0.481 e. The van der Waals surface area contributed by atoms with E-state index >= 15 is 0 Å².